The summed E-state index contributed by atoms with van der Waals surface area (Å²) in [6, 6.07) is 3.88. The van der Waals surface area contributed by atoms with Crippen molar-refractivity contribution in [1.29, 1.82) is 0 Å². The zero-order chi connectivity index (χ0) is 15.1. The number of carbonyl (C=O) groups excluding carboxylic acids is 1. The molecule has 1 aliphatic carbocycles. The molecule has 0 bridgehead atoms. The molecule has 0 spiro atoms. The Morgan fingerprint density at radius 1 is 1.33 bits per heavy atom. The van der Waals surface area contributed by atoms with E-state index in [1.165, 1.54) is 6.08 Å². The minimum Gasteiger partial charge on any atom is -0.481 e. The highest BCUT2D eigenvalue weighted by molar-refractivity contribution is 7.10. The first-order valence-electron chi connectivity index (χ1n) is 7.31. The second-order valence-electron chi connectivity index (χ2n) is 5.70. The lowest BCUT2D eigenvalue weighted by Gasteiger charge is -2.36. The van der Waals surface area contributed by atoms with E-state index in [9.17, 15) is 9.59 Å². The van der Waals surface area contributed by atoms with Crippen molar-refractivity contribution in [3.05, 3.63) is 28.5 Å². The normalized spacial score (nSPS) is 17.7. The van der Waals surface area contributed by atoms with Crippen molar-refractivity contribution in [1.82, 2.24) is 5.32 Å². The Hall–Kier alpha value is -1.62. The number of carboxylic acid groups (broad SMARTS) is 1. The highest BCUT2D eigenvalue weighted by Gasteiger charge is 2.34. The van der Waals surface area contributed by atoms with E-state index in [1.807, 2.05) is 17.5 Å². The van der Waals surface area contributed by atoms with Crippen molar-refractivity contribution >= 4 is 29.3 Å². The Labute approximate surface area is 128 Å². The van der Waals surface area contributed by atoms with Crippen molar-refractivity contribution in [2.24, 2.45) is 5.41 Å². The van der Waals surface area contributed by atoms with Crippen LogP contribution in [0.15, 0.2) is 23.6 Å². The first-order valence-corrected chi connectivity index (χ1v) is 8.19. The summed E-state index contributed by atoms with van der Waals surface area (Å²) in [5.74, 6) is -0.931. The molecule has 0 aliphatic heterocycles. The second-order valence-corrected chi connectivity index (χ2v) is 6.68. The molecular formula is C16H21NO3S. The number of nitrogens with one attached hydrogen (secondary N) is 1. The summed E-state index contributed by atoms with van der Waals surface area (Å²) in [6.07, 6.45) is 8.47. The molecule has 2 rings (SSSR count). The summed E-state index contributed by atoms with van der Waals surface area (Å²) >= 11 is 1.57. The fourth-order valence-corrected chi connectivity index (χ4v) is 3.53. The predicted octanol–water partition coefficient (Wildman–Crippen LogP) is 3.30. The average Bonchev–Trinajstić information content (AvgIpc) is 2.96. The maximum absolute atomic E-state index is 11.9. The molecule has 1 aromatic rings. The van der Waals surface area contributed by atoms with Crippen molar-refractivity contribution in [3.63, 3.8) is 0 Å². The zero-order valence-electron chi connectivity index (χ0n) is 12.0. The van der Waals surface area contributed by atoms with Crippen molar-refractivity contribution in [2.45, 2.75) is 38.5 Å². The van der Waals surface area contributed by atoms with Gasteiger partial charge in [0.1, 0.15) is 0 Å². The van der Waals surface area contributed by atoms with Gasteiger partial charge in [0.25, 0.3) is 0 Å². The van der Waals surface area contributed by atoms with Crippen molar-refractivity contribution in [2.75, 3.05) is 6.54 Å². The number of hydrogen-bond acceptors (Lipinski definition) is 3. The van der Waals surface area contributed by atoms with Gasteiger partial charge < -0.3 is 10.4 Å². The largest absolute Gasteiger partial charge is 0.481 e. The lowest BCUT2D eigenvalue weighted by molar-refractivity contribution is -0.140. The molecular weight excluding hydrogens is 286 g/mol. The molecule has 1 amide bonds. The van der Waals surface area contributed by atoms with Crippen LogP contribution in [0.4, 0.5) is 0 Å². The van der Waals surface area contributed by atoms with Gasteiger partial charge in [0.05, 0.1) is 6.42 Å². The minimum absolute atomic E-state index is 0.141. The van der Waals surface area contributed by atoms with Gasteiger partial charge in [-0.2, -0.15) is 0 Å². The molecule has 114 valence electrons. The van der Waals surface area contributed by atoms with Crippen LogP contribution >= 0.6 is 11.3 Å². The first kappa shape index (κ1) is 15.8. The molecule has 0 aromatic carbocycles. The molecule has 0 saturated heterocycles. The maximum Gasteiger partial charge on any atom is 0.303 e. The highest BCUT2D eigenvalue weighted by atomic mass is 32.1. The van der Waals surface area contributed by atoms with Gasteiger partial charge in [0.2, 0.25) is 5.91 Å². The second kappa shape index (κ2) is 7.41. The third kappa shape index (κ3) is 5.01. The molecule has 1 fully saturated rings. The molecule has 0 radical (unpaired) electrons. The van der Waals surface area contributed by atoms with Gasteiger partial charge in [-0.1, -0.05) is 25.3 Å². The van der Waals surface area contributed by atoms with Crippen LogP contribution in [0.3, 0.4) is 0 Å². The molecule has 4 nitrogen and oxygen atoms in total. The van der Waals surface area contributed by atoms with E-state index < -0.39 is 5.97 Å². The smallest absolute Gasteiger partial charge is 0.303 e. The molecule has 1 saturated carbocycles. The van der Waals surface area contributed by atoms with Crippen LogP contribution in [0.25, 0.3) is 6.08 Å². The topological polar surface area (TPSA) is 66.4 Å². The Balaban J connectivity index is 1.88. The number of rotatable bonds is 6. The van der Waals surface area contributed by atoms with E-state index in [0.717, 1.165) is 37.0 Å². The van der Waals surface area contributed by atoms with Crippen molar-refractivity contribution in [3.8, 4) is 0 Å². The lowest BCUT2D eigenvalue weighted by Crippen LogP contribution is -2.39. The number of hydrogen-bond donors (Lipinski definition) is 2. The number of thiophene rings is 1. The third-order valence-electron chi connectivity index (χ3n) is 4.02. The van der Waals surface area contributed by atoms with Crippen LogP contribution < -0.4 is 5.32 Å². The van der Waals surface area contributed by atoms with Crippen LogP contribution in [0.2, 0.25) is 0 Å². The summed E-state index contributed by atoms with van der Waals surface area (Å²) in [6.45, 7) is 0.451. The number of aliphatic carboxylic acids is 1. The van der Waals surface area contributed by atoms with E-state index in [0.29, 0.717) is 6.54 Å². The van der Waals surface area contributed by atoms with Gasteiger partial charge in [-0.3, -0.25) is 9.59 Å². The first-order chi connectivity index (χ1) is 10.1. The van der Waals surface area contributed by atoms with Crippen LogP contribution in [-0.2, 0) is 9.59 Å². The SMILES string of the molecule is O=C(O)CC1(CNC(=O)C=Cc2cccs2)CCCCC1. The molecule has 0 atom stereocenters. The highest BCUT2D eigenvalue weighted by Crippen LogP contribution is 2.38. The van der Waals surface area contributed by atoms with Crippen molar-refractivity contribution < 1.29 is 14.7 Å². The Bertz CT molecular complexity index is 502. The van der Waals surface area contributed by atoms with E-state index in [4.69, 9.17) is 5.11 Å². The Morgan fingerprint density at radius 2 is 2.10 bits per heavy atom. The molecule has 1 aliphatic rings. The summed E-state index contributed by atoms with van der Waals surface area (Å²) in [5.41, 5.74) is -0.267. The number of amides is 1. The van der Waals surface area contributed by atoms with Gasteiger partial charge in [-0.25, -0.2) is 0 Å². The van der Waals surface area contributed by atoms with Crippen LogP contribution in [0, 0.1) is 5.41 Å². The summed E-state index contributed by atoms with van der Waals surface area (Å²) in [5, 5.41) is 13.9. The molecule has 1 aromatic heterocycles. The Kier molecular flexibility index (Phi) is 5.56. The maximum atomic E-state index is 11.9. The van der Waals surface area contributed by atoms with E-state index in [2.05, 4.69) is 5.32 Å². The molecule has 2 N–H and O–H groups in total. The zero-order valence-corrected chi connectivity index (χ0v) is 12.8. The Morgan fingerprint density at radius 3 is 2.71 bits per heavy atom. The molecule has 21 heavy (non-hydrogen) atoms. The minimum atomic E-state index is -0.778. The average molecular weight is 307 g/mol. The van der Waals surface area contributed by atoms with E-state index in [-0.39, 0.29) is 17.7 Å². The van der Waals surface area contributed by atoms with Crippen LogP contribution in [0.1, 0.15) is 43.4 Å². The fraction of sp³-hybridized carbons (Fsp3) is 0.500. The standard InChI is InChI=1S/C16H21NO3S/c18-14(7-6-13-5-4-10-21-13)17-12-16(11-15(19)20)8-2-1-3-9-16/h4-7,10H,1-3,8-9,11-12H2,(H,17,18)(H,19,20). The van der Waals surface area contributed by atoms with Gasteiger partial charge in [0, 0.05) is 17.5 Å². The summed E-state index contributed by atoms with van der Waals surface area (Å²) in [4.78, 5) is 24.0. The monoisotopic (exact) mass is 307 g/mol. The lowest BCUT2D eigenvalue weighted by atomic mass is 9.71. The fourth-order valence-electron chi connectivity index (χ4n) is 2.92. The van der Waals surface area contributed by atoms with Crippen LogP contribution in [-0.4, -0.2) is 23.5 Å². The quantitative estimate of drug-likeness (QED) is 0.792. The van der Waals surface area contributed by atoms with E-state index in [1.54, 1.807) is 17.4 Å². The van der Waals surface area contributed by atoms with Gasteiger partial charge >= 0.3 is 5.97 Å². The van der Waals surface area contributed by atoms with E-state index >= 15 is 0 Å². The van der Waals surface area contributed by atoms with Crippen LogP contribution in [0.5, 0.6) is 0 Å². The van der Waals surface area contributed by atoms with Gasteiger partial charge in [-0.05, 0) is 35.8 Å². The van der Waals surface area contributed by atoms with Gasteiger partial charge in [0.15, 0.2) is 0 Å². The summed E-state index contributed by atoms with van der Waals surface area (Å²) < 4.78 is 0. The summed E-state index contributed by atoms with van der Waals surface area (Å²) in [7, 11) is 0. The third-order valence-corrected chi connectivity index (χ3v) is 4.86. The molecule has 5 heteroatoms. The number of carboxylic acids is 1. The van der Waals surface area contributed by atoms with Gasteiger partial charge in [-0.15, -0.1) is 11.3 Å². The molecule has 1 heterocycles. The predicted molar refractivity (Wildman–Crippen MR) is 84.1 cm³/mol. The molecule has 0 unspecified atom stereocenters. The number of carbonyl (C=O) groups is 2.